The first kappa shape index (κ1) is 14.6. The number of nitrogens with zero attached hydrogens (tertiary/aromatic N) is 1. The van der Waals surface area contributed by atoms with E-state index in [4.69, 9.17) is 28.3 Å². The number of carboxylic acids is 1. The monoisotopic (exact) mass is 301 g/mol. The van der Waals surface area contributed by atoms with E-state index >= 15 is 0 Å². The zero-order valence-electron chi connectivity index (χ0n) is 10.8. The van der Waals surface area contributed by atoms with Crippen LogP contribution in [0.3, 0.4) is 0 Å². The van der Waals surface area contributed by atoms with Gasteiger partial charge < -0.3 is 5.11 Å². The fraction of sp³-hybridized carbons (Fsp3) is 0.500. The molecule has 0 bridgehead atoms. The molecule has 104 valence electrons. The summed E-state index contributed by atoms with van der Waals surface area (Å²) in [5.74, 6) is -0.155. The number of hydrogen-bond acceptors (Lipinski definition) is 2. The zero-order valence-corrected chi connectivity index (χ0v) is 12.3. The minimum atomic E-state index is -0.799. The molecule has 0 aromatic heterocycles. The van der Waals surface area contributed by atoms with E-state index in [9.17, 15) is 4.79 Å². The van der Waals surface area contributed by atoms with Crippen molar-refractivity contribution in [2.45, 2.75) is 25.8 Å². The van der Waals surface area contributed by atoms with Gasteiger partial charge in [0.25, 0.3) is 0 Å². The number of aliphatic carboxylic acids is 1. The van der Waals surface area contributed by atoms with Crippen molar-refractivity contribution in [3.63, 3.8) is 0 Å². The maximum Gasteiger partial charge on any atom is 0.317 e. The van der Waals surface area contributed by atoms with E-state index < -0.39 is 5.97 Å². The van der Waals surface area contributed by atoms with Gasteiger partial charge in [-0.05, 0) is 43.4 Å². The van der Waals surface area contributed by atoms with Gasteiger partial charge in [-0.15, -0.1) is 0 Å². The summed E-state index contributed by atoms with van der Waals surface area (Å²) >= 11 is 11.9. The molecule has 2 rings (SSSR count). The van der Waals surface area contributed by atoms with Gasteiger partial charge in [-0.3, -0.25) is 9.69 Å². The SMILES string of the molecule is CC(c1ccc(Cl)c(Cl)c1)N(CC(=O)O)CC1CC1. The molecule has 0 saturated heterocycles. The van der Waals surface area contributed by atoms with Crippen LogP contribution in [0.1, 0.15) is 31.4 Å². The van der Waals surface area contributed by atoms with E-state index in [2.05, 4.69) is 0 Å². The number of hydrogen-bond donors (Lipinski definition) is 1. The van der Waals surface area contributed by atoms with Gasteiger partial charge in [0.15, 0.2) is 0 Å². The molecule has 0 aliphatic heterocycles. The fourth-order valence-electron chi connectivity index (χ4n) is 2.15. The molecular weight excluding hydrogens is 285 g/mol. The molecule has 1 aromatic carbocycles. The van der Waals surface area contributed by atoms with Crippen LogP contribution in [-0.4, -0.2) is 29.1 Å². The van der Waals surface area contributed by atoms with Gasteiger partial charge in [-0.1, -0.05) is 29.3 Å². The Morgan fingerprint density at radius 1 is 1.42 bits per heavy atom. The first-order valence-corrected chi connectivity index (χ1v) is 7.13. The van der Waals surface area contributed by atoms with E-state index in [1.54, 1.807) is 6.07 Å². The van der Waals surface area contributed by atoms with Crippen molar-refractivity contribution in [2.24, 2.45) is 5.92 Å². The quantitative estimate of drug-likeness (QED) is 0.867. The Labute approximate surface area is 123 Å². The third-order valence-corrected chi connectivity index (χ3v) is 4.24. The van der Waals surface area contributed by atoms with E-state index in [0.717, 1.165) is 12.1 Å². The molecule has 1 N–H and O–H groups in total. The number of rotatable bonds is 6. The van der Waals surface area contributed by atoms with Gasteiger partial charge in [0, 0.05) is 12.6 Å². The van der Waals surface area contributed by atoms with E-state index in [1.165, 1.54) is 12.8 Å². The third kappa shape index (κ3) is 4.10. The number of carboxylic acid groups (broad SMARTS) is 1. The van der Waals surface area contributed by atoms with Gasteiger partial charge in [-0.25, -0.2) is 0 Å². The second-order valence-electron chi connectivity index (χ2n) is 5.12. The highest BCUT2D eigenvalue weighted by atomic mass is 35.5. The Hall–Kier alpha value is -0.770. The van der Waals surface area contributed by atoms with Crippen molar-refractivity contribution in [1.82, 2.24) is 4.90 Å². The van der Waals surface area contributed by atoms with Crippen LogP contribution in [0.25, 0.3) is 0 Å². The normalized spacial score (nSPS) is 16.6. The van der Waals surface area contributed by atoms with Crippen molar-refractivity contribution in [3.8, 4) is 0 Å². The first-order valence-electron chi connectivity index (χ1n) is 6.38. The molecule has 0 heterocycles. The summed E-state index contributed by atoms with van der Waals surface area (Å²) in [7, 11) is 0. The lowest BCUT2D eigenvalue weighted by Gasteiger charge is -2.28. The number of carbonyl (C=O) groups is 1. The summed E-state index contributed by atoms with van der Waals surface area (Å²) in [6.07, 6.45) is 2.40. The van der Waals surface area contributed by atoms with Crippen LogP contribution >= 0.6 is 23.2 Å². The van der Waals surface area contributed by atoms with Gasteiger partial charge in [-0.2, -0.15) is 0 Å². The minimum Gasteiger partial charge on any atom is -0.480 e. The van der Waals surface area contributed by atoms with Crippen molar-refractivity contribution in [1.29, 1.82) is 0 Å². The molecule has 1 aliphatic carbocycles. The lowest BCUT2D eigenvalue weighted by Crippen LogP contribution is -2.34. The summed E-state index contributed by atoms with van der Waals surface area (Å²) in [5.41, 5.74) is 0.997. The molecular formula is C14H17Cl2NO2. The molecule has 3 nitrogen and oxygen atoms in total. The summed E-state index contributed by atoms with van der Waals surface area (Å²) < 4.78 is 0. The molecule has 0 amide bonds. The molecule has 0 radical (unpaired) electrons. The maximum absolute atomic E-state index is 11.0. The summed E-state index contributed by atoms with van der Waals surface area (Å²) in [6, 6.07) is 5.49. The highest BCUT2D eigenvalue weighted by Crippen LogP contribution is 2.33. The molecule has 1 aromatic rings. The average Bonchev–Trinajstić information content (AvgIpc) is 3.14. The van der Waals surface area contributed by atoms with Crippen molar-refractivity contribution in [2.75, 3.05) is 13.1 Å². The lowest BCUT2D eigenvalue weighted by atomic mass is 10.1. The van der Waals surface area contributed by atoms with Gasteiger partial charge in [0.05, 0.1) is 16.6 Å². The molecule has 1 aliphatic rings. The predicted molar refractivity (Wildman–Crippen MR) is 76.8 cm³/mol. The van der Waals surface area contributed by atoms with E-state index in [0.29, 0.717) is 16.0 Å². The molecule has 19 heavy (non-hydrogen) atoms. The summed E-state index contributed by atoms with van der Waals surface area (Å²) in [4.78, 5) is 13.0. The van der Waals surface area contributed by atoms with Gasteiger partial charge >= 0.3 is 5.97 Å². The molecule has 1 fully saturated rings. The topological polar surface area (TPSA) is 40.5 Å². The number of halogens is 2. The summed E-state index contributed by atoms with van der Waals surface area (Å²) in [5, 5.41) is 10.0. The second kappa shape index (κ2) is 6.12. The minimum absolute atomic E-state index is 0.0199. The van der Waals surface area contributed by atoms with Crippen LogP contribution in [-0.2, 0) is 4.79 Å². The second-order valence-corrected chi connectivity index (χ2v) is 5.93. The van der Waals surface area contributed by atoms with E-state index in [1.807, 2.05) is 24.0 Å². The lowest BCUT2D eigenvalue weighted by molar-refractivity contribution is -0.139. The Kier molecular flexibility index (Phi) is 4.71. The number of benzene rings is 1. The van der Waals surface area contributed by atoms with Crippen molar-refractivity contribution in [3.05, 3.63) is 33.8 Å². The van der Waals surface area contributed by atoms with Gasteiger partial charge in [0.2, 0.25) is 0 Å². The Balaban J connectivity index is 2.13. The van der Waals surface area contributed by atoms with E-state index in [-0.39, 0.29) is 12.6 Å². The standard InChI is InChI=1S/C14H17Cl2NO2/c1-9(11-4-5-12(15)13(16)6-11)17(8-14(18)19)7-10-2-3-10/h4-6,9-10H,2-3,7-8H2,1H3,(H,18,19). The molecule has 5 heteroatoms. The molecule has 0 spiro atoms. The van der Waals surface area contributed by atoms with Crippen LogP contribution < -0.4 is 0 Å². The fourth-order valence-corrected chi connectivity index (χ4v) is 2.45. The van der Waals surface area contributed by atoms with Crippen LogP contribution in [0, 0.1) is 5.92 Å². The highest BCUT2D eigenvalue weighted by Gasteiger charge is 2.28. The first-order chi connectivity index (χ1) is 8.97. The van der Waals surface area contributed by atoms with Gasteiger partial charge in [0.1, 0.15) is 0 Å². The Bertz CT molecular complexity index is 475. The van der Waals surface area contributed by atoms with Crippen LogP contribution in [0.2, 0.25) is 10.0 Å². The Morgan fingerprint density at radius 2 is 2.11 bits per heavy atom. The summed E-state index contributed by atoms with van der Waals surface area (Å²) in [6.45, 7) is 2.89. The molecule has 1 atom stereocenters. The predicted octanol–water partition coefficient (Wildman–Crippen LogP) is 3.85. The molecule has 1 saturated carbocycles. The average molecular weight is 302 g/mol. The van der Waals surface area contributed by atoms with Crippen LogP contribution in [0.15, 0.2) is 18.2 Å². The van der Waals surface area contributed by atoms with Crippen LogP contribution in [0.4, 0.5) is 0 Å². The van der Waals surface area contributed by atoms with Crippen molar-refractivity contribution < 1.29 is 9.90 Å². The highest BCUT2D eigenvalue weighted by molar-refractivity contribution is 6.42. The van der Waals surface area contributed by atoms with Crippen LogP contribution in [0.5, 0.6) is 0 Å². The zero-order chi connectivity index (χ0) is 14.0. The smallest absolute Gasteiger partial charge is 0.317 e. The van der Waals surface area contributed by atoms with Crippen molar-refractivity contribution >= 4 is 29.2 Å². The molecule has 1 unspecified atom stereocenters. The maximum atomic E-state index is 11.0. The third-order valence-electron chi connectivity index (χ3n) is 3.50. The Morgan fingerprint density at radius 3 is 2.63 bits per heavy atom. The largest absolute Gasteiger partial charge is 0.480 e.